The van der Waals surface area contributed by atoms with Crippen LogP contribution in [0.1, 0.15) is 36.4 Å². The van der Waals surface area contributed by atoms with Crippen LogP contribution in [0.2, 0.25) is 0 Å². The monoisotopic (exact) mass is 210 g/mol. The standard InChI is InChI=1S/C11H18N2S/c1-8-13-11(7-14-8)6-10(12)5-9-3-2-4-9/h7,9-10H,2-6,12H2,1H3. The Kier molecular flexibility index (Phi) is 3.19. The third kappa shape index (κ3) is 2.55. The van der Waals surface area contributed by atoms with E-state index in [1.165, 1.54) is 31.4 Å². The smallest absolute Gasteiger partial charge is 0.0897 e. The molecule has 0 aliphatic heterocycles. The molecule has 1 aromatic heterocycles. The summed E-state index contributed by atoms with van der Waals surface area (Å²) in [6, 6.07) is 0.321. The molecule has 1 aliphatic rings. The van der Waals surface area contributed by atoms with Crippen molar-refractivity contribution < 1.29 is 0 Å². The quantitative estimate of drug-likeness (QED) is 0.829. The summed E-state index contributed by atoms with van der Waals surface area (Å²) >= 11 is 1.72. The summed E-state index contributed by atoms with van der Waals surface area (Å²) in [6.45, 7) is 2.05. The second-order valence-corrected chi connectivity index (χ2v) is 5.42. The summed E-state index contributed by atoms with van der Waals surface area (Å²) in [6.07, 6.45) is 6.35. The molecule has 1 fully saturated rings. The molecule has 0 saturated heterocycles. The van der Waals surface area contributed by atoms with Gasteiger partial charge in [0.2, 0.25) is 0 Å². The minimum atomic E-state index is 0.321. The molecule has 0 spiro atoms. The van der Waals surface area contributed by atoms with Crippen molar-refractivity contribution in [2.24, 2.45) is 11.7 Å². The van der Waals surface area contributed by atoms with Crippen molar-refractivity contribution in [3.05, 3.63) is 16.1 Å². The Morgan fingerprint density at radius 3 is 2.93 bits per heavy atom. The third-order valence-electron chi connectivity index (χ3n) is 3.00. The Hall–Kier alpha value is -0.410. The molecule has 0 aromatic carbocycles. The first-order chi connectivity index (χ1) is 6.74. The fourth-order valence-corrected chi connectivity index (χ4v) is 2.64. The van der Waals surface area contributed by atoms with Gasteiger partial charge in [-0.25, -0.2) is 4.98 Å². The SMILES string of the molecule is Cc1nc(CC(N)CC2CCC2)cs1. The third-order valence-corrected chi connectivity index (χ3v) is 3.82. The van der Waals surface area contributed by atoms with E-state index in [0.29, 0.717) is 6.04 Å². The summed E-state index contributed by atoms with van der Waals surface area (Å²) in [5.41, 5.74) is 7.27. The second-order valence-electron chi connectivity index (χ2n) is 4.35. The lowest BCUT2D eigenvalue weighted by molar-refractivity contribution is 0.275. The van der Waals surface area contributed by atoms with Gasteiger partial charge in [-0.3, -0.25) is 0 Å². The van der Waals surface area contributed by atoms with Gasteiger partial charge >= 0.3 is 0 Å². The van der Waals surface area contributed by atoms with E-state index in [0.717, 1.165) is 17.3 Å². The summed E-state index contributed by atoms with van der Waals surface area (Å²) < 4.78 is 0. The number of hydrogen-bond acceptors (Lipinski definition) is 3. The Bertz CT molecular complexity index is 291. The molecular formula is C11H18N2S. The minimum absolute atomic E-state index is 0.321. The molecule has 1 atom stereocenters. The lowest BCUT2D eigenvalue weighted by Crippen LogP contribution is -2.28. The molecule has 0 bridgehead atoms. The zero-order valence-electron chi connectivity index (χ0n) is 8.70. The summed E-state index contributed by atoms with van der Waals surface area (Å²) in [7, 11) is 0. The molecule has 2 rings (SSSR count). The normalized spacial score (nSPS) is 19.3. The average Bonchev–Trinajstić information content (AvgIpc) is 2.44. The Morgan fingerprint density at radius 1 is 1.64 bits per heavy atom. The van der Waals surface area contributed by atoms with Gasteiger partial charge in [0.1, 0.15) is 0 Å². The minimum Gasteiger partial charge on any atom is -0.327 e. The maximum absolute atomic E-state index is 6.09. The van der Waals surface area contributed by atoms with Gasteiger partial charge in [-0.15, -0.1) is 11.3 Å². The first-order valence-corrected chi connectivity index (χ1v) is 6.28. The van der Waals surface area contributed by atoms with Crippen LogP contribution in [0.5, 0.6) is 0 Å². The van der Waals surface area contributed by atoms with Crippen LogP contribution in [-0.2, 0) is 6.42 Å². The first kappa shape index (κ1) is 10.1. The van der Waals surface area contributed by atoms with Gasteiger partial charge in [0.05, 0.1) is 10.7 Å². The predicted octanol–water partition coefficient (Wildman–Crippen LogP) is 2.51. The summed E-state index contributed by atoms with van der Waals surface area (Å²) in [4.78, 5) is 4.44. The predicted molar refractivity (Wildman–Crippen MR) is 60.5 cm³/mol. The average molecular weight is 210 g/mol. The molecule has 1 aromatic rings. The molecular weight excluding hydrogens is 192 g/mol. The largest absolute Gasteiger partial charge is 0.327 e. The van der Waals surface area contributed by atoms with E-state index < -0.39 is 0 Å². The molecule has 3 heteroatoms. The number of hydrogen-bond donors (Lipinski definition) is 1. The topological polar surface area (TPSA) is 38.9 Å². The van der Waals surface area contributed by atoms with Crippen LogP contribution in [-0.4, -0.2) is 11.0 Å². The van der Waals surface area contributed by atoms with E-state index in [9.17, 15) is 0 Å². The summed E-state index contributed by atoms with van der Waals surface area (Å²) in [5.74, 6) is 0.907. The van der Waals surface area contributed by atoms with Gasteiger partial charge in [0, 0.05) is 17.8 Å². The van der Waals surface area contributed by atoms with Crippen molar-refractivity contribution in [1.29, 1.82) is 0 Å². The van der Waals surface area contributed by atoms with Crippen molar-refractivity contribution in [1.82, 2.24) is 4.98 Å². The molecule has 1 aliphatic carbocycles. The van der Waals surface area contributed by atoms with Crippen LogP contribution in [0.3, 0.4) is 0 Å². The van der Waals surface area contributed by atoms with Crippen LogP contribution < -0.4 is 5.73 Å². The van der Waals surface area contributed by atoms with E-state index >= 15 is 0 Å². The highest BCUT2D eigenvalue weighted by molar-refractivity contribution is 7.09. The highest BCUT2D eigenvalue weighted by atomic mass is 32.1. The van der Waals surface area contributed by atoms with E-state index in [2.05, 4.69) is 10.4 Å². The fourth-order valence-electron chi connectivity index (χ4n) is 2.01. The van der Waals surface area contributed by atoms with Crippen LogP contribution >= 0.6 is 11.3 Å². The Labute approximate surface area is 89.5 Å². The van der Waals surface area contributed by atoms with Gasteiger partial charge in [0.15, 0.2) is 0 Å². The van der Waals surface area contributed by atoms with E-state index in [1.807, 2.05) is 6.92 Å². The number of aromatic nitrogens is 1. The fraction of sp³-hybridized carbons (Fsp3) is 0.727. The molecule has 14 heavy (non-hydrogen) atoms. The Morgan fingerprint density at radius 2 is 2.43 bits per heavy atom. The van der Waals surface area contributed by atoms with Crippen LogP contribution in [0, 0.1) is 12.8 Å². The lowest BCUT2D eigenvalue weighted by atomic mass is 9.80. The lowest BCUT2D eigenvalue weighted by Gasteiger charge is -2.27. The van der Waals surface area contributed by atoms with Crippen molar-refractivity contribution in [3.63, 3.8) is 0 Å². The molecule has 2 nitrogen and oxygen atoms in total. The van der Waals surface area contributed by atoms with Crippen LogP contribution in [0.25, 0.3) is 0 Å². The van der Waals surface area contributed by atoms with E-state index in [4.69, 9.17) is 5.73 Å². The van der Waals surface area contributed by atoms with Crippen molar-refractivity contribution >= 4 is 11.3 Å². The molecule has 1 heterocycles. The van der Waals surface area contributed by atoms with Crippen molar-refractivity contribution in [2.75, 3.05) is 0 Å². The second kappa shape index (κ2) is 4.41. The van der Waals surface area contributed by atoms with Crippen molar-refractivity contribution in [3.8, 4) is 0 Å². The molecule has 78 valence electrons. The van der Waals surface area contributed by atoms with E-state index in [1.54, 1.807) is 11.3 Å². The maximum atomic E-state index is 6.09. The first-order valence-electron chi connectivity index (χ1n) is 5.40. The number of aryl methyl sites for hydroxylation is 1. The highest BCUT2D eigenvalue weighted by Gasteiger charge is 2.20. The molecule has 0 amide bonds. The molecule has 1 saturated carbocycles. The highest BCUT2D eigenvalue weighted by Crippen LogP contribution is 2.30. The van der Waals surface area contributed by atoms with Gasteiger partial charge in [-0.2, -0.15) is 0 Å². The molecule has 2 N–H and O–H groups in total. The maximum Gasteiger partial charge on any atom is 0.0897 e. The van der Waals surface area contributed by atoms with Crippen molar-refractivity contribution in [2.45, 2.75) is 45.1 Å². The molecule has 0 radical (unpaired) electrons. The molecule has 1 unspecified atom stereocenters. The summed E-state index contributed by atoms with van der Waals surface area (Å²) in [5, 5.41) is 3.28. The number of rotatable bonds is 4. The number of nitrogens with two attached hydrogens (primary N) is 1. The zero-order chi connectivity index (χ0) is 9.97. The van der Waals surface area contributed by atoms with Crippen LogP contribution in [0.15, 0.2) is 5.38 Å². The zero-order valence-corrected chi connectivity index (χ0v) is 9.52. The van der Waals surface area contributed by atoms with Gasteiger partial charge < -0.3 is 5.73 Å². The van der Waals surface area contributed by atoms with Gasteiger partial charge in [0.25, 0.3) is 0 Å². The van der Waals surface area contributed by atoms with Gasteiger partial charge in [-0.1, -0.05) is 19.3 Å². The number of thiazole rings is 1. The number of nitrogens with zero attached hydrogens (tertiary/aromatic N) is 1. The van der Waals surface area contributed by atoms with Crippen LogP contribution in [0.4, 0.5) is 0 Å². The van der Waals surface area contributed by atoms with E-state index in [-0.39, 0.29) is 0 Å². The van der Waals surface area contributed by atoms with Gasteiger partial charge in [-0.05, 0) is 19.3 Å². The Balaban J connectivity index is 1.78.